The van der Waals surface area contributed by atoms with E-state index in [-0.39, 0.29) is 42.3 Å². The standard InChI is InChI=1S/C25H28N2O3/c28-16-22-23-19-13-7-8-14-20(19)26(24(29)17-9-3-1-4-10-17)15-21(23)27(22)25(30)18-11-5-2-6-12-18/h2,5-8,11-14,17,21-23,28H,1,3-4,9-10,15-16H2/t21-,22+,23+/m0/s1. The molecule has 0 aromatic heterocycles. The average molecular weight is 405 g/mol. The van der Waals surface area contributed by atoms with E-state index >= 15 is 0 Å². The molecule has 2 aromatic carbocycles. The van der Waals surface area contributed by atoms with Crippen molar-refractivity contribution in [3.8, 4) is 0 Å². The molecule has 2 aromatic rings. The number of carbonyl (C=O) groups is 2. The number of hydrogen-bond donors (Lipinski definition) is 1. The molecule has 2 heterocycles. The molecule has 5 heteroatoms. The van der Waals surface area contributed by atoms with E-state index in [2.05, 4.69) is 6.07 Å². The first-order valence-electron chi connectivity index (χ1n) is 11.1. The van der Waals surface area contributed by atoms with Gasteiger partial charge in [-0.05, 0) is 36.6 Å². The summed E-state index contributed by atoms with van der Waals surface area (Å²) in [6.45, 7) is 0.427. The van der Waals surface area contributed by atoms with E-state index in [0.717, 1.165) is 36.9 Å². The van der Waals surface area contributed by atoms with Crippen LogP contribution in [0.4, 0.5) is 5.69 Å². The summed E-state index contributed by atoms with van der Waals surface area (Å²) >= 11 is 0. The lowest BCUT2D eigenvalue weighted by atomic mass is 9.71. The van der Waals surface area contributed by atoms with E-state index in [4.69, 9.17) is 0 Å². The quantitative estimate of drug-likeness (QED) is 0.851. The lowest BCUT2D eigenvalue weighted by Gasteiger charge is -2.59. The third kappa shape index (κ3) is 3.03. The molecule has 3 atom stereocenters. The number of benzene rings is 2. The average Bonchev–Trinajstić information content (AvgIpc) is 2.80. The normalized spacial score (nSPS) is 25.8. The molecule has 2 aliphatic heterocycles. The number of hydrogen-bond acceptors (Lipinski definition) is 3. The molecule has 1 saturated carbocycles. The van der Waals surface area contributed by atoms with E-state index in [1.165, 1.54) is 6.42 Å². The van der Waals surface area contributed by atoms with Crippen molar-refractivity contribution in [3.05, 3.63) is 65.7 Å². The van der Waals surface area contributed by atoms with Gasteiger partial charge in [-0.15, -0.1) is 0 Å². The maximum absolute atomic E-state index is 13.5. The summed E-state index contributed by atoms with van der Waals surface area (Å²) in [6, 6.07) is 16.9. The first-order valence-corrected chi connectivity index (χ1v) is 11.1. The van der Waals surface area contributed by atoms with Gasteiger partial charge in [0.1, 0.15) is 0 Å². The van der Waals surface area contributed by atoms with Crippen LogP contribution >= 0.6 is 0 Å². The number of fused-ring (bicyclic) bond motifs is 3. The number of carbonyl (C=O) groups excluding carboxylic acids is 2. The number of aliphatic hydroxyl groups excluding tert-OH is 1. The third-order valence-electron chi connectivity index (χ3n) is 7.16. The van der Waals surface area contributed by atoms with Crippen LogP contribution in [0.25, 0.3) is 0 Å². The second kappa shape index (κ2) is 7.88. The predicted octanol–water partition coefficient (Wildman–Crippen LogP) is 3.58. The minimum Gasteiger partial charge on any atom is -0.394 e. The van der Waals surface area contributed by atoms with Gasteiger partial charge in [-0.3, -0.25) is 9.59 Å². The zero-order chi connectivity index (χ0) is 20.7. The van der Waals surface area contributed by atoms with Gasteiger partial charge in [0.25, 0.3) is 5.91 Å². The van der Waals surface area contributed by atoms with Crippen LogP contribution in [-0.2, 0) is 4.79 Å². The number of nitrogens with zero attached hydrogens (tertiary/aromatic N) is 2. The van der Waals surface area contributed by atoms with Crippen molar-refractivity contribution in [2.75, 3.05) is 18.1 Å². The van der Waals surface area contributed by atoms with Crippen molar-refractivity contribution >= 4 is 17.5 Å². The Bertz CT molecular complexity index is 938. The molecule has 0 bridgehead atoms. The number of anilines is 1. The van der Waals surface area contributed by atoms with Crippen LogP contribution in [0.1, 0.15) is 53.9 Å². The van der Waals surface area contributed by atoms with Gasteiger partial charge in [-0.25, -0.2) is 0 Å². The Balaban J connectivity index is 1.49. The fraction of sp³-hybridized carbons (Fsp3) is 0.440. The topological polar surface area (TPSA) is 60.9 Å². The van der Waals surface area contributed by atoms with Crippen molar-refractivity contribution < 1.29 is 14.7 Å². The molecule has 2 amide bonds. The maximum atomic E-state index is 13.5. The molecule has 1 saturated heterocycles. The van der Waals surface area contributed by atoms with Gasteiger partial charge in [0.2, 0.25) is 5.91 Å². The molecule has 0 radical (unpaired) electrons. The van der Waals surface area contributed by atoms with Gasteiger partial charge in [0.15, 0.2) is 0 Å². The van der Waals surface area contributed by atoms with Crippen LogP contribution in [0.2, 0.25) is 0 Å². The van der Waals surface area contributed by atoms with Crippen LogP contribution in [0, 0.1) is 5.92 Å². The van der Waals surface area contributed by atoms with Gasteiger partial charge in [0.05, 0.1) is 18.7 Å². The summed E-state index contributed by atoms with van der Waals surface area (Å²) in [5, 5.41) is 10.1. The van der Waals surface area contributed by atoms with E-state index < -0.39 is 0 Å². The molecular weight excluding hydrogens is 376 g/mol. The Morgan fingerprint density at radius 3 is 2.37 bits per heavy atom. The first-order chi connectivity index (χ1) is 14.7. The third-order valence-corrected chi connectivity index (χ3v) is 7.16. The highest BCUT2D eigenvalue weighted by Crippen LogP contribution is 2.49. The molecule has 3 aliphatic rings. The van der Waals surface area contributed by atoms with E-state index in [1.54, 1.807) is 4.90 Å². The van der Waals surface area contributed by atoms with Crippen LogP contribution in [0.3, 0.4) is 0 Å². The lowest BCUT2D eigenvalue weighted by molar-refractivity contribution is -0.124. The number of amides is 2. The van der Waals surface area contributed by atoms with Crippen molar-refractivity contribution in [1.82, 2.24) is 4.90 Å². The monoisotopic (exact) mass is 404 g/mol. The zero-order valence-corrected chi connectivity index (χ0v) is 17.1. The van der Waals surface area contributed by atoms with Gasteiger partial charge in [-0.2, -0.15) is 0 Å². The Kier molecular flexibility index (Phi) is 5.07. The number of likely N-dealkylation sites (tertiary alicyclic amines) is 1. The smallest absolute Gasteiger partial charge is 0.254 e. The number of para-hydroxylation sites is 1. The Hall–Kier alpha value is -2.66. The highest BCUT2D eigenvalue weighted by Gasteiger charge is 2.55. The summed E-state index contributed by atoms with van der Waals surface area (Å²) < 4.78 is 0. The van der Waals surface area contributed by atoms with Crippen LogP contribution in [0.5, 0.6) is 0 Å². The van der Waals surface area contributed by atoms with Crippen molar-refractivity contribution in [2.45, 2.75) is 50.1 Å². The molecule has 1 aliphatic carbocycles. The van der Waals surface area contributed by atoms with E-state index in [1.807, 2.05) is 53.4 Å². The molecule has 30 heavy (non-hydrogen) atoms. The van der Waals surface area contributed by atoms with E-state index in [0.29, 0.717) is 12.1 Å². The van der Waals surface area contributed by atoms with Crippen LogP contribution in [0.15, 0.2) is 54.6 Å². The van der Waals surface area contributed by atoms with Gasteiger partial charge < -0.3 is 14.9 Å². The number of rotatable bonds is 3. The molecule has 5 nitrogen and oxygen atoms in total. The molecule has 5 rings (SSSR count). The fourth-order valence-electron chi connectivity index (χ4n) is 5.67. The summed E-state index contributed by atoms with van der Waals surface area (Å²) in [4.78, 5) is 30.4. The summed E-state index contributed by atoms with van der Waals surface area (Å²) in [6.07, 6.45) is 5.35. The first kappa shape index (κ1) is 19.3. The lowest BCUT2D eigenvalue weighted by Crippen LogP contribution is -2.71. The Labute approximate surface area is 177 Å². The van der Waals surface area contributed by atoms with Gasteiger partial charge >= 0.3 is 0 Å². The molecule has 2 fully saturated rings. The zero-order valence-electron chi connectivity index (χ0n) is 17.1. The van der Waals surface area contributed by atoms with Crippen LogP contribution in [-0.4, -0.2) is 47.1 Å². The molecule has 0 unspecified atom stereocenters. The minimum atomic E-state index is -0.254. The Morgan fingerprint density at radius 1 is 0.933 bits per heavy atom. The Morgan fingerprint density at radius 2 is 1.63 bits per heavy atom. The van der Waals surface area contributed by atoms with Gasteiger partial charge in [-0.1, -0.05) is 55.7 Å². The minimum absolute atomic E-state index is 0.0641. The van der Waals surface area contributed by atoms with E-state index in [9.17, 15) is 14.7 Å². The summed E-state index contributed by atoms with van der Waals surface area (Å²) in [5.74, 6) is 0.269. The highest BCUT2D eigenvalue weighted by molar-refractivity contribution is 5.99. The van der Waals surface area contributed by atoms with Crippen molar-refractivity contribution in [1.29, 1.82) is 0 Å². The highest BCUT2D eigenvalue weighted by atomic mass is 16.3. The summed E-state index contributed by atoms with van der Waals surface area (Å²) in [7, 11) is 0. The largest absolute Gasteiger partial charge is 0.394 e. The fourth-order valence-corrected chi connectivity index (χ4v) is 5.67. The molecular formula is C25H28N2O3. The second-order valence-corrected chi connectivity index (χ2v) is 8.76. The predicted molar refractivity (Wildman–Crippen MR) is 115 cm³/mol. The molecule has 156 valence electrons. The number of aliphatic hydroxyl groups is 1. The molecule has 0 spiro atoms. The SMILES string of the molecule is O=C(C1CCCCC1)N1C[C@H]2[C@@H](c3ccccc31)[C@@H](CO)N2C(=O)c1ccccc1. The van der Waals surface area contributed by atoms with Gasteiger partial charge in [0, 0.05) is 29.6 Å². The molecule has 1 N–H and O–H groups in total. The maximum Gasteiger partial charge on any atom is 0.254 e. The van der Waals surface area contributed by atoms with Crippen molar-refractivity contribution in [2.24, 2.45) is 5.92 Å². The van der Waals surface area contributed by atoms with Crippen molar-refractivity contribution in [3.63, 3.8) is 0 Å². The van der Waals surface area contributed by atoms with Crippen LogP contribution < -0.4 is 4.90 Å². The summed E-state index contributed by atoms with van der Waals surface area (Å²) in [5.41, 5.74) is 2.66. The second-order valence-electron chi connectivity index (χ2n) is 8.76.